The van der Waals surface area contributed by atoms with E-state index in [0.717, 1.165) is 42.5 Å². The van der Waals surface area contributed by atoms with E-state index in [1.807, 2.05) is 0 Å². The molecule has 4 rings (SSSR count). The van der Waals surface area contributed by atoms with E-state index in [0.29, 0.717) is 12.1 Å². The molecular formula is C31H34N8O25S8. The number of rotatable bonds is 28. The highest BCUT2D eigenvalue weighted by molar-refractivity contribution is 7.92. The number of methoxy groups -OCH3 is 1. The molecule has 0 atom stereocenters. The second kappa shape index (κ2) is 25.3. The van der Waals surface area contributed by atoms with Gasteiger partial charge in [-0.3, -0.25) is 22.0 Å². The minimum Gasteiger partial charge on any atom is -0.494 e. The predicted octanol–water partition coefficient (Wildman–Crippen LogP) is 4.74. The van der Waals surface area contributed by atoms with Crippen molar-refractivity contribution in [3.05, 3.63) is 60.7 Å². The molecule has 0 unspecified atom stereocenters. The van der Waals surface area contributed by atoms with Crippen LogP contribution in [0.2, 0.25) is 0 Å². The van der Waals surface area contributed by atoms with Crippen LogP contribution in [0.5, 0.6) is 5.75 Å². The Labute approximate surface area is 415 Å². The van der Waals surface area contributed by atoms with Crippen molar-refractivity contribution in [2.75, 3.05) is 55.7 Å². The maximum Gasteiger partial charge on any atom is 0.397 e. The molecule has 0 saturated heterocycles. The molecule has 0 bridgehead atoms. The zero-order valence-electron chi connectivity index (χ0n) is 35.5. The molecule has 4 aromatic rings. The van der Waals surface area contributed by atoms with E-state index in [1.165, 1.54) is 13.2 Å². The largest absolute Gasteiger partial charge is 0.494 e. The summed E-state index contributed by atoms with van der Waals surface area (Å²) in [5, 5.41) is 46.3. The normalized spacial score (nSPS) is 13.2. The summed E-state index contributed by atoms with van der Waals surface area (Å²) in [6, 6.07) is 8.41. The molecule has 396 valence electrons. The first kappa shape index (κ1) is 59.6. The van der Waals surface area contributed by atoms with Crippen LogP contribution in [0.4, 0.5) is 45.5 Å². The molecule has 0 heterocycles. The molecule has 0 aliphatic carbocycles. The molecule has 0 amide bonds. The van der Waals surface area contributed by atoms with Gasteiger partial charge in [0.1, 0.15) is 49.7 Å². The van der Waals surface area contributed by atoms with E-state index in [9.17, 15) is 59.6 Å². The second-order valence-corrected chi connectivity index (χ2v) is 24.2. The Hall–Kier alpha value is -5.00. The van der Waals surface area contributed by atoms with Crippen molar-refractivity contribution in [2.45, 2.75) is 24.5 Å². The van der Waals surface area contributed by atoms with Crippen LogP contribution in [-0.4, -0.2) is 119 Å². The zero-order chi connectivity index (χ0) is 53.7. The molecular weight excluding hydrogens is 1140 g/mol. The van der Waals surface area contributed by atoms with Gasteiger partial charge in [0, 0.05) is 0 Å². The quantitative estimate of drug-likeness (QED) is 0.00767. The lowest BCUT2D eigenvalue weighted by molar-refractivity contribution is -0.434. The van der Waals surface area contributed by atoms with Crippen LogP contribution >= 0.6 is 24.6 Å². The molecule has 0 aliphatic heterocycles. The highest BCUT2D eigenvalue weighted by Gasteiger charge is 2.26. The minimum absolute atomic E-state index is 0.0584. The van der Waals surface area contributed by atoms with Crippen molar-refractivity contribution in [3.63, 3.8) is 0 Å². The van der Waals surface area contributed by atoms with Crippen LogP contribution in [-0.2, 0) is 91.4 Å². The standard InChI is InChI=1S/C31H34N8O25S8/c1-57-26-7-4-18(67(42,43)11-8-58-65-63-61-40)14-23(26)36-38-25-17-24(37-34-21-5-2-19(15-27(21)70(48,49)50)68(44,45)12-9-59-66-64-62-41)29(32)31(30(25)33)39-35-22-6-3-20(16-28(22)71(51,52)53)69(46,47)13-10-60-72(54,55)56/h2-7,14-17,40-41H,8-13,32-33H2,1H3,(H,48,49,50)(H,51,52,53)(H,54,55,56)/b37-34+,38-36+,39-35+. The maximum atomic E-state index is 13.1. The van der Waals surface area contributed by atoms with Crippen LogP contribution in [0.1, 0.15) is 0 Å². The third kappa shape index (κ3) is 17.0. The Morgan fingerprint density at radius 3 is 1.31 bits per heavy atom. The number of nitrogen functional groups attached to an aromatic ring is 2. The van der Waals surface area contributed by atoms with Crippen molar-refractivity contribution in [2.24, 2.45) is 30.7 Å². The molecule has 0 aliphatic rings. The lowest BCUT2D eigenvalue weighted by Crippen LogP contribution is -2.16. The summed E-state index contributed by atoms with van der Waals surface area (Å²) in [7, 11) is -27.6. The van der Waals surface area contributed by atoms with Gasteiger partial charge in [0.2, 0.25) is 0 Å². The summed E-state index contributed by atoms with van der Waals surface area (Å²) in [5.74, 6) is -2.62. The van der Waals surface area contributed by atoms with Crippen LogP contribution in [0.25, 0.3) is 0 Å². The number of hydrogen-bond donors (Lipinski definition) is 7. The van der Waals surface area contributed by atoms with Gasteiger partial charge in [-0.15, -0.1) is 39.4 Å². The van der Waals surface area contributed by atoms with E-state index in [1.54, 1.807) is 0 Å². The number of azo groups is 3. The van der Waals surface area contributed by atoms with E-state index >= 15 is 0 Å². The summed E-state index contributed by atoms with van der Waals surface area (Å²) < 4.78 is 205. The summed E-state index contributed by atoms with van der Waals surface area (Å²) in [6.07, 6.45) is 0. The van der Waals surface area contributed by atoms with Crippen LogP contribution < -0.4 is 16.2 Å². The minimum atomic E-state index is -5.38. The maximum absolute atomic E-state index is 13.1. The van der Waals surface area contributed by atoms with Gasteiger partial charge < -0.3 is 16.2 Å². The fourth-order valence-corrected chi connectivity index (χ4v) is 11.0. The van der Waals surface area contributed by atoms with Crippen molar-refractivity contribution < 1.29 is 111 Å². The van der Waals surface area contributed by atoms with E-state index < -0.39 is 157 Å². The molecule has 41 heteroatoms. The number of sulfone groups is 3. The fourth-order valence-electron chi connectivity index (χ4n) is 5.18. The predicted molar refractivity (Wildman–Crippen MR) is 244 cm³/mol. The van der Waals surface area contributed by atoms with Gasteiger partial charge in [0.05, 0.1) is 70.3 Å². The Kier molecular flexibility index (Phi) is 20.9. The highest BCUT2D eigenvalue weighted by Crippen LogP contribution is 2.46. The lowest BCUT2D eigenvalue weighted by atomic mass is 10.2. The van der Waals surface area contributed by atoms with Crippen molar-refractivity contribution >= 4 is 130 Å². The van der Waals surface area contributed by atoms with Gasteiger partial charge in [-0.1, -0.05) is 10.1 Å². The average molecular weight is 1180 g/mol. The monoisotopic (exact) mass is 1170 g/mol. The SMILES string of the molecule is COc1ccc(S(=O)(=O)CCOSOOO)cc1/N=N/c1cc(/N=N/c2ccc(S(=O)(=O)CCOSOOO)cc2S(=O)(=O)O)c(N)c(/N=N/c2ccc(S(=O)(=O)CCOS(=O)(=O)O)cc2S(=O)(=O)O)c1N. The van der Waals surface area contributed by atoms with E-state index in [-0.39, 0.29) is 41.0 Å². The molecule has 33 nitrogen and oxygen atoms in total. The summed E-state index contributed by atoms with van der Waals surface area (Å²) in [6.45, 7) is -2.16. The van der Waals surface area contributed by atoms with Gasteiger partial charge in [0.25, 0.3) is 20.2 Å². The summed E-state index contributed by atoms with van der Waals surface area (Å²) in [4.78, 5) is -4.13. The number of nitrogens with zero attached hydrogens (tertiary/aromatic N) is 6. The molecule has 0 fully saturated rings. The fraction of sp³-hybridized carbons (Fsp3) is 0.226. The van der Waals surface area contributed by atoms with Gasteiger partial charge in [0.15, 0.2) is 54.2 Å². The number of ether oxygens (including phenoxy) is 1. The summed E-state index contributed by atoms with van der Waals surface area (Å²) in [5.41, 5.74) is 8.07. The Bertz CT molecular complexity index is 3420. The molecule has 0 spiro atoms. The lowest BCUT2D eigenvalue weighted by Gasteiger charge is -2.11. The van der Waals surface area contributed by atoms with Crippen molar-refractivity contribution in [3.8, 4) is 5.75 Å². The van der Waals surface area contributed by atoms with E-state index in [4.69, 9.17) is 39.6 Å². The first-order chi connectivity index (χ1) is 33.5. The van der Waals surface area contributed by atoms with Crippen LogP contribution in [0.15, 0.2) is 116 Å². The molecule has 4 aromatic carbocycles. The number of anilines is 2. The number of nitrogens with two attached hydrogens (primary N) is 2. The average Bonchev–Trinajstić information content (AvgIpc) is 3.29. The highest BCUT2D eigenvalue weighted by atomic mass is 32.3. The van der Waals surface area contributed by atoms with Crippen molar-refractivity contribution in [1.29, 1.82) is 0 Å². The Morgan fingerprint density at radius 1 is 0.500 bits per heavy atom. The molecule has 0 saturated carbocycles. The van der Waals surface area contributed by atoms with Gasteiger partial charge >= 0.3 is 10.4 Å². The van der Waals surface area contributed by atoms with Crippen LogP contribution in [0, 0.1) is 0 Å². The number of benzene rings is 4. The van der Waals surface area contributed by atoms with Crippen molar-refractivity contribution in [1.82, 2.24) is 0 Å². The summed E-state index contributed by atoms with van der Waals surface area (Å²) >= 11 is 0.183. The second-order valence-electron chi connectivity index (χ2n) is 13.0. The van der Waals surface area contributed by atoms with Gasteiger partial charge in [-0.2, -0.15) is 25.3 Å². The first-order valence-corrected chi connectivity index (χ1v) is 28.8. The van der Waals surface area contributed by atoms with E-state index in [2.05, 4.69) is 53.6 Å². The number of hydrogen-bond acceptors (Lipinski definition) is 32. The van der Waals surface area contributed by atoms with Gasteiger partial charge in [-0.05, 0) is 60.7 Å². The third-order valence-corrected chi connectivity index (χ3v) is 16.5. The van der Waals surface area contributed by atoms with Crippen LogP contribution in [0.3, 0.4) is 0 Å². The Morgan fingerprint density at radius 2 is 0.889 bits per heavy atom. The topological polar surface area (TPSA) is 506 Å². The molecule has 9 N–H and O–H groups in total. The first-order valence-electron chi connectivity index (χ1n) is 18.3. The molecule has 0 aromatic heterocycles. The third-order valence-electron chi connectivity index (χ3n) is 8.44. The molecule has 0 radical (unpaired) electrons. The van der Waals surface area contributed by atoms with Gasteiger partial charge in [-0.25, -0.2) is 40.0 Å². The zero-order valence-corrected chi connectivity index (χ0v) is 42.1. The Balaban J connectivity index is 1.90. The molecule has 72 heavy (non-hydrogen) atoms. The smallest absolute Gasteiger partial charge is 0.397 e.